The predicted octanol–water partition coefficient (Wildman–Crippen LogP) is 3.07. The Kier molecular flexibility index (Phi) is 4.03. The van der Waals surface area contributed by atoms with Crippen LogP contribution in [0.25, 0.3) is 12.3 Å². The van der Waals surface area contributed by atoms with E-state index in [0.29, 0.717) is 5.92 Å². The summed E-state index contributed by atoms with van der Waals surface area (Å²) >= 11 is 0. The fraction of sp³-hybridized carbons (Fsp3) is 0.333. The maximum absolute atomic E-state index is 4.33. The largest absolute Gasteiger partial charge is 0.305 e. The molecule has 1 aromatic rings. The van der Waals surface area contributed by atoms with Crippen LogP contribution in [0, 0.1) is 5.92 Å². The second kappa shape index (κ2) is 5.29. The topological polar surface area (TPSA) is 30.2 Å². The lowest BCUT2D eigenvalue weighted by atomic mass is 10.1. The van der Waals surface area contributed by atoms with Crippen molar-refractivity contribution in [3.05, 3.63) is 30.5 Å². The van der Waals surface area contributed by atoms with Crippen molar-refractivity contribution in [1.29, 1.82) is 0 Å². The lowest BCUT2D eigenvalue weighted by Gasteiger charge is -2.06. The van der Waals surface area contributed by atoms with Crippen molar-refractivity contribution in [2.75, 3.05) is 0 Å². The molecule has 80 valence electrons. The fourth-order valence-corrected chi connectivity index (χ4v) is 1.21. The van der Waals surface area contributed by atoms with Crippen molar-refractivity contribution in [2.45, 2.75) is 20.8 Å². The summed E-state index contributed by atoms with van der Waals surface area (Å²) in [5.41, 5.74) is 1.03. The molecule has 0 N–H and O–H groups in total. The van der Waals surface area contributed by atoms with Gasteiger partial charge in [-0.1, -0.05) is 20.4 Å². The molecule has 0 unspecified atom stereocenters. The molecule has 0 atom stereocenters. The molecule has 3 nitrogen and oxygen atoms in total. The van der Waals surface area contributed by atoms with Gasteiger partial charge in [0.1, 0.15) is 5.82 Å². The van der Waals surface area contributed by atoms with Crippen molar-refractivity contribution < 1.29 is 0 Å². The Hall–Kier alpha value is -1.64. The van der Waals surface area contributed by atoms with Crippen molar-refractivity contribution in [3.8, 4) is 0 Å². The molecule has 0 aliphatic heterocycles. The van der Waals surface area contributed by atoms with Gasteiger partial charge in [-0.05, 0) is 18.9 Å². The molecule has 0 saturated heterocycles. The van der Waals surface area contributed by atoms with Gasteiger partial charge in [-0.25, -0.2) is 4.98 Å². The zero-order valence-electron chi connectivity index (χ0n) is 9.51. The molecule has 0 aromatic carbocycles. The quantitative estimate of drug-likeness (QED) is 0.692. The van der Waals surface area contributed by atoms with Crippen molar-refractivity contribution in [3.63, 3.8) is 0 Å². The number of rotatable bonds is 4. The van der Waals surface area contributed by atoms with Crippen LogP contribution in [0.2, 0.25) is 0 Å². The minimum absolute atomic E-state index is 0.390. The Labute approximate surface area is 90.9 Å². The van der Waals surface area contributed by atoms with Gasteiger partial charge in [-0.2, -0.15) is 0 Å². The van der Waals surface area contributed by atoms with E-state index in [1.165, 1.54) is 0 Å². The third-order valence-corrected chi connectivity index (χ3v) is 2.02. The highest BCUT2D eigenvalue weighted by Gasteiger charge is 2.02. The number of imidazole rings is 1. The number of hydrogen-bond donors (Lipinski definition) is 0. The summed E-state index contributed by atoms with van der Waals surface area (Å²) in [5, 5.41) is 0. The predicted molar refractivity (Wildman–Crippen MR) is 65.6 cm³/mol. The number of aliphatic imine (C=N–C) groups is 1. The molecule has 0 aliphatic carbocycles. The molecular formula is C12H17N3. The van der Waals surface area contributed by atoms with Crippen molar-refractivity contribution in [1.82, 2.24) is 9.55 Å². The zero-order chi connectivity index (χ0) is 11.3. The van der Waals surface area contributed by atoms with E-state index < -0.39 is 0 Å². The van der Waals surface area contributed by atoms with Crippen LogP contribution >= 0.6 is 0 Å². The average molecular weight is 203 g/mol. The number of hydrogen-bond acceptors (Lipinski definition) is 2. The van der Waals surface area contributed by atoms with Gasteiger partial charge in [-0.15, -0.1) is 0 Å². The summed E-state index contributed by atoms with van der Waals surface area (Å²) < 4.78 is 1.93. The summed E-state index contributed by atoms with van der Waals surface area (Å²) in [6, 6.07) is 0. The van der Waals surface area contributed by atoms with E-state index in [1.807, 2.05) is 23.9 Å². The SMILES string of the molecule is C=Cc1nccn1/C=C(\N=CC)C(C)C. The molecule has 15 heavy (non-hydrogen) atoms. The van der Waals surface area contributed by atoms with Crippen LogP contribution in [-0.2, 0) is 0 Å². The van der Waals surface area contributed by atoms with Crippen molar-refractivity contribution in [2.24, 2.45) is 10.9 Å². The normalized spacial score (nSPS) is 12.7. The molecule has 0 amide bonds. The first-order valence-electron chi connectivity index (χ1n) is 5.04. The molecule has 0 saturated carbocycles. The molecule has 0 fully saturated rings. The first-order chi connectivity index (χ1) is 7.19. The maximum atomic E-state index is 4.33. The van der Waals surface area contributed by atoms with E-state index in [4.69, 9.17) is 0 Å². The molecule has 1 heterocycles. The Bertz CT molecular complexity index is 383. The summed E-state index contributed by atoms with van der Waals surface area (Å²) in [5.74, 6) is 1.22. The Morgan fingerprint density at radius 3 is 2.87 bits per heavy atom. The first-order valence-corrected chi connectivity index (χ1v) is 5.04. The van der Waals surface area contributed by atoms with Gasteiger partial charge in [0.15, 0.2) is 0 Å². The molecule has 0 bridgehead atoms. The van der Waals surface area contributed by atoms with E-state index in [9.17, 15) is 0 Å². The van der Waals surface area contributed by atoms with Crippen LogP contribution in [-0.4, -0.2) is 15.8 Å². The summed E-state index contributed by atoms with van der Waals surface area (Å²) in [6.07, 6.45) is 9.15. The van der Waals surface area contributed by atoms with Crippen LogP contribution in [0.3, 0.4) is 0 Å². The highest BCUT2D eigenvalue weighted by molar-refractivity contribution is 5.57. The summed E-state index contributed by atoms with van der Waals surface area (Å²) in [6.45, 7) is 9.86. The lowest BCUT2D eigenvalue weighted by Crippen LogP contribution is -1.96. The number of nitrogens with zero attached hydrogens (tertiary/aromatic N) is 3. The Balaban J connectivity index is 3.06. The van der Waals surface area contributed by atoms with Crippen LogP contribution in [0.15, 0.2) is 29.7 Å². The lowest BCUT2D eigenvalue weighted by molar-refractivity contribution is 0.759. The Morgan fingerprint density at radius 2 is 2.33 bits per heavy atom. The maximum Gasteiger partial charge on any atom is 0.136 e. The van der Waals surface area contributed by atoms with Gasteiger partial charge in [0.25, 0.3) is 0 Å². The summed E-state index contributed by atoms with van der Waals surface area (Å²) in [4.78, 5) is 8.48. The smallest absolute Gasteiger partial charge is 0.136 e. The van der Waals surface area contributed by atoms with E-state index in [2.05, 4.69) is 30.4 Å². The van der Waals surface area contributed by atoms with Crippen LogP contribution in [0.5, 0.6) is 0 Å². The molecular weight excluding hydrogens is 186 g/mol. The fourth-order valence-electron chi connectivity index (χ4n) is 1.21. The van der Waals surface area contributed by atoms with E-state index >= 15 is 0 Å². The minimum atomic E-state index is 0.390. The summed E-state index contributed by atoms with van der Waals surface area (Å²) in [7, 11) is 0. The zero-order valence-corrected chi connectivity index (χ0v) is 9.51. The second-order valence-electron chi connectivity index (χ2n) is 3.49. The van der Waals surface area contributed by atoms with Gasteiger partial charge in [0.2, 0.25) is 0 Å². The number of allylic oxidation sites excluding steroid dienone is 1. The minimum Gasteiger partial charge on any atom is -0.305 e. The van der Waals surface area contributed by atoms with Crippen LogP contribution in [0.1, 0.15) is 26.6 Å². The van der Waals surface area contributed by atoms with Crippen molar-refractivity contribution >= 4 is 18.5 Å². The average Bonchev–Trinajstić information content (AvgIpc) is 2.64. The highest BCUT2D eigenvalue weighted by atomic mass is 15.0. The van der Waals surface area contributed by atoms with Gasteiger partial charge in [0.05, 0.1) is 5.70 Å². The Morgan fingerprint density at radius 1 is 1.60 bits per heavy atom. The molecule has 0 radical (unpaired) electrons. The highest BCUT2D eigenvalue weighted by Crippen LogP contribution is 2.13. The van der Waals surface area contributed by atoms with Gasteiger partial charge in [-0.3, -0.25) is 4.99 Å². The third-order valence-electron chi connectivity index (χ3n) is 2.02. The van der Waals surface area contributed by atoms with Gasteiger partial charge >= 0.3 is 0 Å². The van der Waals surface area contributed by atoms with E-state index in [1.54, 1.807) is 18.5 Å². The monoisotopic (exact) mass is 203 g/mol. The van der Waals surface area contributed by atoms with E-state index in [0.717, 1.165) is 11.5 Å². The third kappa shape index (κ3) is 2.91. The second-order valence-corrected chi connectivity index (χ2v) is 3.49. The van der Waals surface area contributed by atoms with Gasteiger partial charge < -0.3 is 4.57 Å². The molecule has 3 heteroatoms. The van der Waals surface area contributed by atoms with Crippen LogP contribution in [0.4, 0.5) is 0 Å². The van der Waals surface area contributed by atoms with E-state index in [-0.39, 0.29) is 0 Å². The van der Waals surface area contributed by atoms with Gasteiger partial charge in [0, 0.05) is 24.8 Å². The number of aromatic nitrogens is 2. The molecule has 0 aliphatic rings. The standard InChI is InChI=1S/C12H17N3/c1-5-12-14-7-8-15(12)9-11(10(3)4)13-6-2/h5-10H,1H2,2-4H3/b11-9-,13-6?. The molecule has 1 aromatic heterocycles. The molecule has 1 rings (SSSR count). The first kappa shape index (κ1) is 11.4. The molecule has 0 spiro atoms. The van der Waals surface area contributed by atoms with Crippen LogP contribution < -0.4 is 0 Å².